The summed E-state index contributed by atoms with van der Waals surface area (Å²) < 4.78 is 6.77. The van der Waals surface area contributed by atoms with E-state index in [9.17, 15) is 9.59 Å². The molecule has 1 atom stereocenters. The summed E-state index contributed by atoms with van der Waals surface area (Å²) in [7, 11) is 0. The molecule has 154 valence electrons. The average molecular weight is 404 g/mol. The Morgan fingerprint density at radius 3 is 2.77 bits per heavy atom. The third kappa shape index (κ3) is 4.35. The molecular formula is C23H24N4O3. The van der Waals surface area contributed by atoms with Crippen molar-refractivity contribution in [3.8, 4) is 16.9 Å². The van der Waals surface area contributed by atoms with E-state index in [0.717, 1.165) is 36.2 Å². The van der Waals surface area contributed by atoms with Crippen molar-refractivity contribution in [3.63, 3.8) is 0 Å². The second kappa shape index (κ2) is 8.82. The number of nitrogens with zero attached hydrogens (tertiary/aromatic N) is 2. The lowest BCUT2D eigenvalue weighted by Crippen LogP contribution is -2.30. The molecule has 2 amide bonds. The topological polar surface area (TPSA) is 85.2 Å². The number of carbonyl (C=O) groups is 2. The molecule has 2 heterocycles. The van der Waals surface area contributed by atoms with Gasteiger partial charge < -0.3 is 15.4 Å². The molecule has 2 aromatic carbocycles. The third-order valence-corrected chi connectivity index (χ3v) is 4.98. The molecule has 7 nitrogen and oxygen atoms in total. The highest BCUT2D eigenvalue weighted by atomic mass is 16.6. The van der Waals surface area contributed by atoms with Gasteiger partial charge in [0.15, 0.2) is 11.9 Å². The molecule has 0 aliphatic carbocycles. The molecule has 2 N–H and O–H groups in total. The minimum atomic E-state index is -0.861. The van der Waals surface area contributed by atoms with E-state index in [-0.39, 0.29) is 6.54 Å². The molecule has 1 aliphatic heterocycles. The summed E-state index contributed by atoms with van der Waals surface area (Å²) >= 11 is 0. The molecule has 1 aromatic heterocycles. The van der Waals surface area contributed by atoms with Gasteiger partial charge in [0.25, 0.3) is 5.91 Å². The Bertz CT molecular complexity index is 1050. The van der Waals surface area contributed by atoms with Gasteiger partial charge in [0.1, 0.15) is 0 Å². The van der Waals surface area contributed by atoms with E-state index < -0.39 is 18.1 Å². The number of amides is 2. The average Bonchev–Trinajstić information content (AvgIpc) is 3.39. The van der Waals surface area contributed by atoms with Crippen molar-refractivity contribution in [2.75, 3.05) is 11.9 Å². The molecule has 0 radical (unpaired) electrons. The van der Waals surface area contributed by atoms with E-state index >= 15 is 0 Å². The largest absolute Gasteiger partial charge is 0.434 e. The number of rotatable bonds is 7. The molecule has 0 spiro atoms. The Hall–Kier alpha value is -3.61. The first-order chi connectivity index (χ1) is 14.6. The zero-order chi connectivity index (χ0) is 20.9. The minimum Gasteiger partial charge on any atom is -0.434 e. The fourth-order valence-corrected chi connectivity index (χ4v) is 3.42. The first kappa shape index (κ1) is 19.7. The van der Waals surface area contributed by atoms with Gasteiger partial charge in [-0.05, 0) is 36.6 Å². The summed E-state index contributed by atoms with van der Waals surface area (Å²) in [5.41, 5.74) is 4.05. The SMILES string of the molecule is CCCCc1cccc(-c2cc(NC(=O)[C@H]3CNC(=O)O3)nn2-c2ccccc2)c1. The standard InChI is InChI=1S/C23H24N4O3/c1-2-3-8-16-9-7-10-17(13-16)19-14-21(25-22(28)20-15-24-23(29)30-20)26-27(19)18-11-5-4-6-12-18/h4-7,9-14,20H,2-3,8,15H2,1H3,(H,24,29)(H,25,26,28)/t20-/m1/s1. The van der Waals surface area contributed by atoms with E-state index in [1.54, 1.807) is 0 Å². The molecule has 1 saturated heterocycles. The number of ether oxygens (including phenoxy) is 1. The van der Waals surface area contributed by atoms with Crippen LogP contribution >= 0.6 is 0 Å². The summed E-state index contributed by atoms with van der Waals surface area (Å²) in [6, 6.07) is 20.0. The van der Waals surface area contributed by atoms with Crippen LogP contribution in [0.15, 0.2) is 60.7 Å². The van der Waals surface area contributed by atoms with Crippen LogP contribution in [0.3, 0.4) is 0 Å². The maximum absolute atomic E-state index is 12.4. The van der Waals surface area contributed by atoms with Gasteiger partial charge in [-0.2, -0.15) is 0 Å². The highest BCUT2D eigenvalue weighted by Crippen LogP contribution is 2.27. The molecule has 3 aromatic rings. The van der Waals surface area contributed by atoms with Gasteiger partial charge in [0, 0.05) is 11.6 Å². The second-order valence-corrected chi connectivity index (χ2v) is 7.23. The number of unbranched alkanes of at least 4 members (excludes halogenated alkanes) is 1. The number of benzene rings is 2. The molecule has 0 bridgehead atoms. The van der Waals surface area contributed by atoms with Gasteiger partial charge in [0.2, 0.25) is 0 Å². The highest BCUT2D eigenvalue weighted by molar-refractivity contribution is 5.96. The van der Waals surface area contributed by atoms with Gasteiger partial charge in [-0.3, -0.25) is 4.79 Å². The van der Waals surface area contributed by atoms with Gasteiger partial charge in [-0.1, -0.05) is 49.7 Å². The normalized spacial score (nSPS) is 15.5. The van der Waals surface area contributed by atoms with Crippen molar-refractivity contribution in [3.05, 3.63) is 66.2 Å². The third-order valence-electron chi connectivity index (χ3n) is 4.98. The number of hydrogen-bond donors (Lipinski definition) is 2. The summed E-state index contributed by atoms with van der Waals surface area (Å²) in [6.07, 6.45) is 1.85. The molecular weight excluding hydrogens is 380 g/mol. The maximum atomic E-state index is 12.4. The molecule has 4 rings (SSSR count). The second-order valence-electron chi connectivity index (χ2n) is 7.23. The minimum absolute atomic E-state index is 0.149. The van der Waals surface area contributed by atoms with Crippen molar-refractivity contribution in [2.45, 2.75) is 32.3 Å². The number of para-hydroxylation sites is 1. The molecule has 0 unspecified atom stereocenters. The highest BCUT2D eigenvalue weighted by Gasteiger charge is 2.30. The van der Waals surface area contributed by atoms with Crippen LogP contribution in [0.2, 0.25) is 0 Å². The summed E-state index contributed by atoms with van der Waals surface area (Å²) in [6.45, 7) is 2.33. The smallest absolute Gasteiger partial charge is 0.408 e. The molecule has 7 heteroatoms. The van der Waals surface area contributed by atoms with Crippen molar-refractivity contribution >= 4 is 17.8 Å². The predicted octanol–water partition coefficient (Wildman–Crippen LogP) is 3.93. The molecule has 30 heavy (non-hydrogen) atoms. The van der Waals surface area contributed by atoms with E-state index in [4.69, 9.17) is 4.74 Å². The van der Waals surface area contributed by atoms with Gasteiger partial charge >= 0.3 is 6.09 Å². The first-order valence-electron chi connectivity index (χ1n) is 10.1. The summed E-state index contributed by atoms with van der Waals surface area (Å²) in [5, 5.41) is 9.85. The lowest BCUT2D eigenvalue weighted by atomic mass is 10.0. The van der Waals surface area contributed by atoms with E-state index in [0.29, 0.717) is 5.82 Å². The van der Waals surface area contributed by atoms with Crippen molar-refractivity contribution < 1.29 is 14.3 Å². The Kier molecular flexibility index (Phi) is 5.79. The van der Waals surface area contributed by atoms with E-state index in [1.165, 1.54) is 5.56 Å². The maximum Gasteiger partial charge on any atom is 0.408 e. The van der Waals surface area contributed by atoms with Crippen LogP contribution in [-0.4, -0.2) is 34.4 Å². The molecule has 0 saturated carbocycles. The number of aryl methyl sites for hydroxylation is 1. The zero-order valence-electron chi connectivity index (χ0n) is 16.8. The lowest BCUT2D eigenvalue weighted by Gasteiger charge is -2.09. The quantitative estimate of drug-likeness (QED) is 0.625. The Labute approximate surface area is 175 Å². The van der Waals surface area contributed by atoms with Crippen LogP contribution in [0.5, 0.6) is 0 Å². The summed E-state index contributed by atoms with van der Waals surface area (Å²) in [4.78, 5) is 23.7. The van der Waals surface area contributed by atoms with E-state index in [1.807, 2.05) is 53.2 Å². The van der Waals surface area contributed by atoms with Gasteiger partial charge in [-0.25, -0.2) is 9.48 Å². The van der Waals surface area contributed by atoms with Crippen LogP contribution < -0.4 is 10.6 Å². The van der Waals surface area contributed by atoms with Crippen LogP contribution in [0, 0.1) is 0 Å². The van der Waals surface area contributed by atoms with Crippen LogP contribution in [0.4, 0.5) is 10.6 Å². The number of cyclic esters (lactones) is 1. The number of aromatic nitrogens is 2. The Morgan fingerprint density at radius 1 is 1.20 bits per heavy atom. The number of alkyl carbamates (subject to hydrolysis) is 1. The molecule has 1 aliphatic rings. The number of anilines is 1. The van der Waals surface area contributed by atoms with Crippen molar-refractivity contribution in [2.24, 2.45) is 0 Å². The van der Waals surface area contributed by atoms with Crippen molar-refractivity contribution in [1.82, 2.24) is 15.1 Å². The first-order valence-corrected chi connectivity index (χ1v) is 10.1. The Morgan fingerprint density at radius 2 is 2.03 bits per heavy atom. The fourth-order valence-electron chi connectivity index (χ4n) is 3.42. The van der Waals surface area contributed by atoms with Gasteiger partial charge in [-0.15, -0.1) is 5.10 Å². The monoisotopic (exact) mass is 404 g/mol. The van der Waals surface area contributed by atoms with Crippen LogP contribution in [-0.2, 0) is 16.0 Å². The van der Waals surface area contributed by atoms with E-state index in [2.05, 4.69) is 34.8 Å². The van der Waals surface area contributed by atoms with Crippen LogP contribution in [0.25, 0.3) is 16.9 Å². The summed E-state index contributed by atoms with van der Waals surface area (Å²) in [5.74, 6) is -0.00456. The number of hydrogen-bond acceptors (Lipinski definition) is 4. The fraction of sp³-hybridized carbons (Fsp3) is 0.261. The van der Waals surface area contributed by atoms with Crippen molar-refractivity contribution in [1.29, 1.82) is 0 Å². The Balaban J connectivity index is 1.67. The predicted molar refractivity (Wildman–Crippen MR) is 115 cm³/mol. The zero-order valence-corrected chi connectivity index (χ0v) is 16.8. The number of nitrogens with one attached hydrogen (secondary N) is 2. The number of carbonyl (C=O) groups excluding carboxylic acids is 2. The lowest BCUT2D eigenvalue weighted by molar-refractivity contribution is -0.122. The van der Waals surface area contributed by atoms with Crippen LogP contribution in [0.1, 0.15) is 25.3 Å². The molecule has 1 fully saturated rings. The van der Waals surface area contributed by atoms with Gasteiger partial charge in [0.05, 0.1) is 17.9 Å².